The lowest BCUT2D eigenvalue weighted by Gasteiger charge is -2.06. The van der Waals surface area contributed by atoms with Gasteiger partial charge in [-0.25, -0.2) is 4.79 Å². The zero-order valence-corrected chi connectivity index (χ0v) is 9.73. The molecular weight excluding hydrogens is 204 g/mol. The van der Waals surface area contributed by atoms with Crippen molar-refractivity contribution in [3.8, 4) is 0 Å². The minimum absolute atomic E-state index is 0.380. The topological polar surface area (TPSA) is 55.6 Å². The third-order valence-corrected chi connectivity index (χ3v) is 2.06. The number of rotatable bonds is 3. The number of benzene rings is 1. The highest BCUT2D eigenvalue weighted by Gasteiger charge is 2.06. The first-order chi connectivity index (χ1) is 7.54. The van der Waals surface area contributed by atoms with E-state index in [0.717, 1.165) is 5.56 Å². The van der Waals surface area contributed by atoms with Crippen LogP contribution in [0.5, 0.6) is 0 Å². The molecule has 16 heavy (non-hydrogen) atoms. The molecule has 0 amide bonds. The molecule has 0 atom stereocenters. The van der Waals surface area contributed by atoms with Gasteiger partial charge in [-0.05, 0) is 30.0 Å². The van der Waals surface area contributed by atoms with E-state index < -0.39 is 0 Å². The summed E-state index contributed by atoms with van der Waals surface area (Å²) in [5.74, 6) is -0.380. The van der Waals surface area contributed by atoms with E-state index in [2.05, 4.69) is 4.74 Å². The van der Waals surface area contributed by atoms with E-state index in [4.69, 9.17) is 5.73 Å². The smallest absolute Gasteiger partial charge is 0.337 e. The summed E-state index contributed by atoms with van der Waals surface area (Å²) in [6, 6.07) is 5.10. The van der Waals surface area contributed by atoms with Crippen molar-refractivity contribution in [3.63, 3.8) is 0 Å². The molecule has 0 saturated carbocycles. The van der Waals surface area contributed by atoms with Crippen LogP contribution in [0.15, 0.2) is 24.4 Å². The van der Waals surface area contributed by atoms with E-state index in [1.165, 1.54) is 7.11 Å². The van der Waals surface area contributed by atoms with Gasteiger partial charge >= 0.3 is 5.97 Å². The van der Waals surface area contributed by atoms with E-state index in [-0.39, 0.29) is 5.97 Å². The van der Waals surface area contributed by atoms with Crippen molar-refractivity contribution in [2.24, 2.45) is 0 Å². The van der Waals surface area contributed by atoms with E-state index in [1.807, 2.05) is 31.3 Å². The molecule has 0 spiro atoms. The van der Waals surface area contributed by atoms with Gasteiger partial charge in [-0.3, -0.25) is 0 Å². The van der Waals surface area contributed by atoms with Gasteiger partial charge in [0, 0.05) is 19.8 Å². The molecule has 0 aromatic heterocycles. The van der Waals surface area contributed by atoms with Gasteiger partial charge in [0.2, 0.25) is 0 Å². The van der Waals surface area contributed by atoms with Crippen LogP contribution in [0.3, 0.4) is 0 Å². The van der Waals surface area contributed by atoms with Crippen LogP contribution in [0, 0.1) is 0 Å². The summed E-state index contributed by atoms with van der Waals surface area (Å²) in [7, 11) is 5.20. The first-order valence-corrected chi connectivity index (χ1v) is 4.87. The average Bonchev–Trinajstić information content (AvgIpc) is 2.26. The number of nitrogens with zero attached hydrogens (tertiary/aromatic N) is 1. The Morgan fingerprint density at radius 1 is 1.44 bits per heavy atom. The van der Waals surface area contributed by atoms with Crippen LogP contribution < -0.4 is 5.73 Å². The molecule has 0 aliphatic carbocycles. The van der Waals surface area contributed by atoms with Crippen LogP contribution in [0.1, 0.15) is 15.9 Å². The molecule has 1 aromatic carbocycles. The number of esters is 1. The fourth-order valence-electron chi connectivity index (χ4n) is 1.20. The Bertz CT molecular complexity index is 411. The zero-order chi connectivity index (χ0) is 12.1. The van der Waals surface area contributed by atoms with E-state index in [0.29, 0.717) is 11.3 Å². The summed E-state index contributed by atoms with van der Waals surface area (Å²) < 4.78 is 4.61. The molecule has 0 bridgehead atoms. The monoisotopic (exact) mass is 220 g/mol. The van der Waals surface area contributed by atoms with Crippen molar-refractivity contribution in [1.82, 2.24) is 4.90 Å². The summed E-state index contributed by atoms with van der Waals surface area (Å²) in [6.07, 6.45) is 3.78. The Morgan fingerprint density at radius 3 is 2.62 bits per heavy atom. The summed E-state index contributed by atoms with van der Waals surface area (Å²) in [5.41, 5.74) is 7.72. The van der Waals surface area contributed by atoms with Crippen molar-refractivity contribution >= 4 is 17.7 Å². The Balaban J connectivity index is 2.96. The molecule has 0 saturated heterocycles. The van der Waals surface area contributed by atoms with Crippen molar-refractivity contribution in [3.05, 3.63) is 35.5 Å². The van der Waals surface area contributed by atoms with Gasteiger partial charge in [0.25, 0.3) is 0 Å². The highest BCUT2D eigenvalue weighted by atomic mass is 16.5. The van der Waals surface area contributed by atoms with Crippen molar-refractivity contribution in [2.45, 2.75) is 0 Å². The lowest BCUT2D eigenvalue weighted by atomic mass is 10.1. The maximum absolute atomic E-state index is 11.2. The highest BCUT2D eigenvalue weighted by molar-refractivity contribution is 5.91. The van der Waals surface area contributed by atoms with Gasteiger partial charge in [-0.1, -0.05) is 6.07 Å². The summed E-state index contributed by atoms with van der Waals surface area (Å²) >= 11 is 0. The number of anilines is 1. The quantitative estimate of drug-likeness (QED) is 0.620. The summed E-state index contributed by atoms with van der Waals surface area (Å²) in [5, 5.41) is 0. The van der Waals surface area contributed by atoms with Crippen LogP contribution in [-0.4, -0.2) is 32.1 Å². The third kappa shape index (κ3) is 3.02. The zero-order valence-electron chi connectivity index (χ0n) is 9.73. The SMILES string of the molecule is COC(=O)c1ccc(/C=C/N(C)C)c(N)c1. The van der Waals surface area contributed by atoms with Gasteiger partial charge in [-0.15, -0.1) is 0 Å². The number of hydrogen-bond donors (Lipinski definition) is 1. The second-order valence-corrected chi connectivity index (χ2v) is 3.61. The first kappa shape index (κ1) is 12.1. The molecule has 1 aromatic rings. The van der Waals surface area contributed by atoms with Crippen LogP contribution in [0.25, 0.3) is 6.08 Å². The van der Waals surface area contributed by atoms with E-state index in [9.17, 15) is 4.79 Å². The molecule has 1 rings (SSSR count). The number of methoxy groups -OCH3 is 1. The lowest BCUT2D eigenvalue weighted by molar-refractivity contribution is 0.0601. The molecule has 0 radical (unpaired) electrons. The van der Waals surface area contributed by atoms with Crippen LogP contribution in [0.4, 0.5) is 5.69 Å². The van der Waals surface area contributed by atoms with Gasteiger partial charge in [0.15, 0.2) is 0 Å². The molecular formula is C12H16N2O2. The van der Waals surface area contributed by atoms with Crippen LogP contribution in [0.2, 0.25) is 0 Å². The number of nitrogens with two attached hydrogens (primary N) is 1. The molecule has 0 aliphatic rings. The first-order valence-electron chi connectivity index (χ1n) is 4.87. The number of ether oxygens (including phenoxy) is 1. The molecule has 0 aliphatic heterocycles. The Kier molecular flexibility index (Phi) is 3.94. The number of hydrogen-bond acceptors (Lipinski definition) is 4. The minimum atomic E-state index is -0.380. The highest BCUT2D eigenvalue weighted by Crippen LogP contribution is 2.16. The fraction of sp³-hybridized carbons (Fsp3) is 0.250. The Morgan fingerprint density at radius 2 is 2.12 bits per heavy atom. The molecule has 4 heteroatoms. The molecule has 0 heterocycles. The molecule has 0 unspecified atom stereocenters. The molecule has 4 nitrogen and oxygen atoms in total. The minimum Gasteiger partial charge on any atom is -0.465 e. The number of carbonyl (C=O) groups is 1. The lowest BCUT2D eigenvalue weighted by Crippen LogP contribution is -2.03. The predicted octanol–water partition coefficient (Wildman–Crippen LogP) is 1.59. The van der Waals surface area contributed by atoms with Crippen LogP contribution in [-0.2, 0) is 4.74 Å². The average molecular weight is 220 g/mol. The summed E-state index contributed by atoms with van der Waals surface area (Å²) in [4.78, 5) is 13.1. The number of carbonyl (C=O) groups excluding carboxylic acids is 1. The third-order valence-electron chi connectivity index (χ3n) is 2.06. The van der Waals surface area contributed by atoms with Gasteiger partial charge in [-0.2, -0.15) is 0 Å². The van der Waals surface area contributed by atoms with Gasteiger partial charge in [0.05, 0.1) is 12.7 Å². The van der Waals surface area contributed by atoms with Crippen LogP contribution >= 0.6 is 0 Å². The molecule has 0 fully saturated rings. The number of nitrogen functional groups attached to an aromatic ring is 1. The van der Waals surface area contributed by atoms with Crippen molar-refractivity contribution < 1.29 is 9.53 Å². The standard InChI is InChI=1S/C12H16N2O2/c1-14(2)7-6-9-4-5-10(8-11(9)13)12(15)16-3/h4-8H,13H2,1-3H3/b7-6+. The summed E-state index contributed by atoms with van der Waals surface area (Å²) in [6.45, 7) is 0. The Hall–Kier alpha value is -1.97. The largest absolute Gasteiger partial charge is 0.465 e. The van der Waals surface area contributed by atoms with E-state index in [1.54, 1.807) is 18.2 Å². The second-order valence-electron chi connectivity index (χ2n) is 3.61. The van der Waals surface area contributed by atoms with Crippen molar-refractivity contribution in [1.29, 1.82) is 0 Å². The fourth-order valence-corrected chi connectivity index (χ4v) is 1.20. The van der Waals surface area contributed by atoms with Gasteiger partial charge < -0.3 is 15.4 Å². The maximum atomic E-state index is 11.2. The molecule has 86 valence electrons. The second kappa shape index (κ2) is 5.21. The van der Waals surface area contributed by atoms with Gasteiger partial charge in [0.1, 0.15) is 0 Å². The van der Waals surface area contributed by atoms with E-state index >= 15 is 0 Å². The normalized spacial score (nSPS) is 10.4. The molecule has 2 N–H and O–H groups in total. The maximum Gasteiger partial charge on any atom is 0.337 e. The van der Waals surface area contributed by atoms with Crippen molar-refractivity contribution in [2.75, 3.05) is 26.9 Å². The predicted molar refractivity (Wildman–Crippen MR) is 64.9 cm³/mol. The Labute approximate surface area is 95.3 Å².